The molecular weight excluding hydrogens is 380 g/mol. The first-order chi connectivity index (χ1) is 11.3. The third-order valence-corrected chi connectivity index (χ3v) is 7.28. The second kappa shape index (κ2) is 6.02. The Labute approximate surface area is 142 Å². The van der Waals surface area contributed by atoms with Crippen LogP contribution in [-0.4, -0.2) is 73.2 Å². The first-order valence-corrected chi connectivity index (χ1v) is 10.8. The van der Waals surface area contributed by atoms with Gasteiger partial charge in [-0.15, -0.1) is 0 Å². The molecule has 0 amide bonds. The summed E-state index contributed by atoms with van der Waals surface area (Å²) in [5.41, 5.74) is -2.11. The van der Waals surface area contributed by atoms with Crippen molar-refractivity contribution in [3.63, 3.8) is 0 Å². The van der Waals surface area contributed by atoms with Gasteiger partial charge in [0.1, 0.15) is 12.2 Å². The van der Waals surface area contributed by atoms with E-state index >= 15 is 0 Å². The fraction of sp³-hybridized carbons (Fsp3) is 0.667. The number of sulfone groups is 2. The fourth-order valence-corrected chi connectivity index (χ4v) is 6.70. The van der Waals surface area contributed by atoms with Gasteiger partial charge in [-0.3, -0.25) is 14.3 Å². The highest BCUT2D eigenvalue weighted by Crippen LogP contribution is 2.42. The molecule has 0 spiro atoms. The van der Waals surface area contributed by atoms with E-state index in [0.717, 1.165) is 6.20 Å². The molecule has 1 aliphatic rings. The van der Waals surface area contributed by atoms with Gasteiger partial charge in [0.2, 0.25) is 0 Å². The van der Waals surface area contributed by atoms with E-state index in [9.17, 15) is 36.6 Å². The number of aromatic nitrogens is 2. The minimum atomic E-state index is -4.51. The number of aliphatic hydroxyl groups excluding tert-OH is 2. The van der Waals surface area contributed by atoms with Crippen LogP contribution in [0.1, 0.15) is 5.56 Å². The van der Waals surface area contributed by atoms with Crippen molar-refractivity contribution in [1.82, 2.24) is 9.55 Å². The summed E-state index contributed by atoms with van der Waals surface area (Å²) in [6, 6.07) is 0. The van der Waals surface area contributed by atoms with Gasteiger partial charge < -0.3 is 14.9 Å². The van der Waals surface area contributed by atoms with Crippen molar-refractivity contribution in [2.24, 2.45) is 0 Å². The molecule has 1 saturated heterocycles. The number of hydrogen-bond acceptors (Lipinski definition) is 9. The molecule has 1 aromatic rings. The highest BCUT2D eigenvalue weighted by molar-refractivity contribution is 7.95. The smallest absolute Gasteiger partial charge is 0.331 e. The highest BCUT2D eigenvalue weighted by atomic mass is 32.2. The van der Waals surface area contributed by atoms with Crippen molar-refractivity contribution in [2.75, 3.05) is 19.1 Å². The molecule has 4 atom stereocenters. The van der Waals surface area contributed by atoms with E-state index in [1.54, 1.807) is 0 Å². The molecule has 3 N–H and O–H groups in total. The first-order valence-electron chi connectivity index (χ1n) is 6.95. The lowest BCUT2D eigenvalue weighted by molar-refractivity contribution is -0.0690. The van der Waals surface area contributed by atoms with Gasteiger partial charge in [0.05, 0.1) is 6.61 Å². The average Bonchev–Trinajstić information content (AvgIpc) is 2.76. The molecule has 1 aliphatic heterocycles. The summed E-state index contributed by atoms with van der Waals surface area (Å²) in [5.74, 6) is 0. The number of aryl methyl sites for hydroxylation is 1. The Hall–Kier alpha value is -1.54. The number of ether oxygens (including phenoxy) is 1. The number of hydrogen-bond donors (Lipinski definition) is 3. The first kappa shape index (κ1) is 19.8. The number of H-pyrrole nitrogens is 1. The lowest BCUT2D eigenvalue weighted by Gasteiger charge is -2.33. The summed E-state index contributed by atoms with van der Waals surface area (Å²) in [4.78, 5) is 25.7. The maximum Gasteiger partial charge on any atom is 0.331 e. The van der Waals surface area contributed by atoms with E-state index in [0.29, 0.717) is 17.1 Å². The third kappa shape index (κ3) is 2.95. The van der Waals surface area contributed by atoms with Crippen molar-refractivity contribution < 1.29 is 31.8 Å². The number of aliphatic hydroxyl groups is 2. The van der Waals surface area contributed by atoms with E-state index in [2.05, 4.69) is 0 Å². The van der Waals surface area contributed by atoms with Crippen LogP contribution in [0.4, 0.5) is 0 Å². The van der Waals surface area contributed by atoms with Crippen molar-refractivity contribution in [2.45, 2.75) is 29.4 Å². The van der Waals surface area contributed by atoms with Crippen LogP contribution in [0, 0.1) is 6.92 Å². The molecule has 0 radical (unpaired) electrons. The zero-order chi connectivity index (χ0) is 19.4. The van der Waals surface area contributed by atoms with E-state index in [1.807, 2.05) is 4.98 Å². The van der Waals surface area contributed by atoms with E-state index in [-0.39, 0.29) is 5.56 Å². The van der Waals surface area contributed by atoms with Crippen molar-refractivity contribution in [1.29, 1.82) is 0 Å². The maximum atomic E-state index is 12.5. The van der Waals surface area contributed by atoms with Gasteiger partial charge >= 0.3 is 5.69 Å². The minimum Gasteiger partial charge on any atom is -0.394 e. The van der Waals surface area contributed by atoms with Gasteiger partial charge in [0.15, 0.2) is 24.9 Å². The van der Waals surface area contributed by atoms with Gasteiger partial charge in [0, 0.05) is 24.3 Å². The van der Waals surface area contributed by atoms with Crippen LogP contribution in [0.25, 0.3) is 0 Å². The molecule has 0 bridgehead atoms. The third-order valence-electron chi connectivity index (χ3n) is 4.00. The molecule has 142 valence electrons. The SMILES string of the molecule is Cc1cn([C@]2(S(C)(=O)=O)O[C@H](CO)[C@@H](O)C2S(C)(=O)=O)c(=O)[nH]c1=O. The summed E-state index contributed by atoms with van der Waals surface area (Å²) < 4.78 is 55.2. The average molecular weight is 398 g/mol. The van der Waals surface area contributed by atoms with Gasteiger partial charge in [-0.05, 0) is 6.92 Å². The molecule has 2 heterocycles. The Kier molecular flexibility index (Phi) is 4.76. The van der Waals surface area contributed by atoms with Gasteiger partial charge in [-0.2, -0.15) is 0 Å². The second-order valence-corrected chi connectivity index (χ2v) is 10.2. The lowest BCUT2D eigenvalue weighted by atomic mass is 10.2. The number of aromatic amines is 1. The van der Waals surface area contributed by atoms with Crippen molar-refractivity contribution in [3.8, 4) is 0 Å². The molecule has 1 unspecified atom stereocenters. The van der Waals surface area contributed by atoms with Crippen LogP contribution in [0.2, 0.25) is 0 Å². The Morgan fingerprint density at radius 3 is 2.28 bits per heavy atom. The summed E-state index contributed by atoms with van der Waals surface area (Å²) in [6.45, 7) is 0.386. The molecular formula is C12H18N2O9S2. The van der Waals surface area contributed by atoms with E-state index in [1.165, 1.54) is 6.92 Å². The van der Waals surface area contributed by atoms with Gasteiger partial charge in [0.25, 0.3) is 10.6 Å². The maximum absolute atomic E-state index is 12.5. The molecule has 1 fully saturated rings. The van der Waals surface area contributed by atoms with E-state index < -0.39 is 60.0 Å². The standard InChI is InChI=1S/C12H18N2O9S2/c1-6-4-14(11(18)13-10(6)17)12(25(3,21)22)9(24(2,19)20)8(16)7(5-15)23-12/h4,7-9,15-16H,5H2,1-3H3,(H,13,17,18)/t7-,8-,9?,12+/m1/s1. The Morgan fingerprint density at radius 1 is 1.28 bits per heavy atom. The van der Waals surface area contributed by atoms with Crippen LogP contribution >= 0.6 is 0 Å². The summed E-state index contributed by atoms with van der Waals surface area (Å²) in [7, 11) is -8.80. The number of nitrogens with one attached hydrogen (secondary N) is 1. The predicted octanol–water partition coefficient (Wildman–Crippen LogP) is -3.33. The number of nitrogens with zero attached hydrogens (tertiary/aromatic N) is 1. The Balaban J connectivity index is 3.00. The topological polar surface area (TPSA) is 173 Å². The zero-order valence-corrected chi connectivity index (χ0v) is 15.2. The highest BCUT2D eigenvalue weighted by Gasteiger charge is 2.66. The largest absolute Gasteiger partial charge is 0.394 e. The minimum absolute atomic E-state index is 0.0829. The molecule has 0 aromatic carbocycles. The Morgan fingerprint density at radius 2 is 1.84 bits per heavy atom. The molecule has 11 nitrogen and oxygen atoms in total. The quantitative estimate of drug-likeness (QED) is 0.468. The zero-order valence-electron chi connectivity index (χ0n) is 13.5. The summed E-state index contributed by atoms with van der Waals surface area (Å²) >= 11 is 0. The van der Waals surface area contributed by atoms with Crippen LogP contribution in [0.15, 0.2) is 15.8 Å². The monoisotopic (exact) mass is 398 g/mol. The number of rotatable bonds is 4. The lowest BCUT2D eigenvalue weighted by Crippen LogP contribution is -2.58. The molecule has 2 rings (SSSR count). The predicted molar refractivity (Wildman–Crippen MR) is 85.5 cm³/mol. The molecule has 1 aromatic heterocycles. The van der Waals surface area contributed by atoms with Crippen molar-refractivity contribution >= 4 is 19.7 Å². The molecule has 0 aliphatic carbocycles. The normalized spacial score (nSPS) is 30.5. The van der Waals surface area contributed by atoms with Crippen LogP contribution in [0.3, 0.4) is 0 Å². The van der Waals surface area contributed by atoms with Crippen LogP contribution in [0.5, 0.6) is 0 Å². The summed E-state index contributed by atoms with van der Waals surface area (Å²) in [5, 5.41) is 14.6. The van der Waals surface area contributed by atoms with Crippen LogP contribution < -0.4 is 11.2 Å². The second-order valence-electron chi connectivity index (χ2n) is 5.92. The van der Waals surface area contributed by atoms with E-state index in [4.69, 9.17) is 4.74 Å². The molecule has 13 heteroatoms. The fourth-order valence-electron chi connectivity index (χ4n) is 2.90. The van der Waals surface area contributed by atoms with Crippen molar-refractivity contribution in [3.05, 3.63) is 32.6 Å². The molecule has 25 heavy (non-hydrogen) atoms. The van der Waals surface area contributed by atoms with Gasteiger partial charge in [-0.25, -0.2) is 21.6 Å². The Bertz CT molecular complexity index is 1010. The van der Waals surface area contributed by atoms with Gasteiger partial charge in [-0.1, -0.05) is 0 Å². The summed E-state index contributed by atoms with van der Waals surface area (Å²) in [6.07, 6.45) is -1.35. The van der Waals surface area contributed by atoms with Crippen LogP contribution in [-0.2, 0) is 29.5 Å². The molecule has 0 saturated carbocycles.